The second kappa shape index (κ2) is 6.07. The maximum absolute atomic E-state index is 11.3. The molecule has 0 fully saturated rings. The van der Waals surface area contributed by atoms with Crippen LogP contribution in [0.2, 0.25) is 5.02 Å². The SMILES string of the molecule is Cc1nc(CNC(=O)C(C)O)oc1-c1ccc(Cl)cc1. The van der Waals surface area contributed by atoms with Crippen LogP contribution in [0.5, 0.6) is 0 Å². The van der Waals surface area contributed by atoms with Gasteiger partial charge in [-0.2, -0.15) is 0 Å². The number of nitrogens with one attached hydrogen (secondary N) is 1. The molecule has 0 spiro atoms. The Morgan fingerprint density at radius 2 is 2.10 bits per heavy atom. The Bertz CT molecular complexity index is 605. The number of carbonyl (C=O) groups excluding carboxylic acids is 1. The van der Waals surface area contributed by atoms with Crippen molar-refractivity contribution in [3.63, 3.8) is 0 Å². The van der Waals surface area contributed by atoms with Crippen molar-refractivity contribution < 1.29 is 14.3 Å². The Morgan fingerprint density at radius 3 is 2.70 bits per heavy atom. The summed E-state index contributed by atoms with van der Waals surface area (Å²) >= 11 is 5.84. The Morgan fingerprint density at radius 1 is 1.45 bits per heavy atom. The molecule has 6 heteroatoms. The molecule has 0 bridgehead atoms. The average molecular weight is 295 g/mol. The highest BCUT2D eigenvalue weighted by Gasteiger charge is 2.14. The lowest BCUT2D eigenvalue weighted by Crippen LogP contribution is -2.32. The molecular weight excluding hydrogens is 280 g/mol. The molecule has 2 aromatic rings. The van der Waals surface area contributed by atoms with Gasteiger partial charge in [-0.1, -0.05) is 11.6 Å². The summed E-state index contributed by atoms with van der Waals surface area (Å²) in [5.74, 6) is 0.568. The van der Waals surface area contributed by atoms with Crippen LogP contribution in [0.15, 0.2) is 28.7 Å². The number of amides is 1. The normalized spacial score (nSPS) is 12.2. The number of halogens is 1. The monoisotopic (exact) mass is 294 g/mol. The van der Waals surface area contributed by atoms with E-state index in [9.17, 15) is 4.79 Å². The maximum atomic E-state index is 11.3. The fraction of sp³-hybridized carbons (Fsp3) is 0.286. The molecule has 0 radical (unpaired) electrons. The lowest BCUT2D eigenvalue weighted by atomic mass is 10.1. The fourth-order valence-electron chi connectivity index (χ4n) is 1.71. The number of aliphatic hydroxyl groups excluding tert-OH is 1. The average Bonchev–Trinajstić information content (AvgIpc) is 2.78. The Balaban J connectivity index is 2.13. The number of aromatic nitrogens is 1. The number of aliphatic hydroxyl groups is 1. The molecule has 20 heavy (non-hydrogen) atoms. The number of aryl methyl sites for hydroxylation is 1. The van der Waals surface area contributed by atoms with Crippen LogP contribution in [-0.2, 0) is 11.3 Å². The van der Waals surface area contributed by atoms with Crippen molar-refractivity contribution in [2.24, 2.45) is 0 Å². The fourth-order valence-corrected chi connectivity index (χ4v) is 1.83. The molecule has 2 rings (SSSR count). The first-order valence-corrected chi connectivity index (χ1v) is 6.53. The van der Waals surface area contributed by atoms with Crippen molar-refractivity contribution in [3.8, 4) is 11.3 Å². The zero-order chi connectivity index (χ0) is 14.7. The Labute approximate surface area is 121 Å². The van der Waals surface area contributed by atoms with Gasteiger partial charge < -0.3 is 14.8 Å². The highest BCUT2D eigenvalue weighted by atomic mass is 35.5. The van der Waals surface area contributed by atoms with Gasteiger partial charge in [0.15, 0.2) is 5.76 Å². The van der Waals surface area contributed by atoms with Crippen LogP contribution in [0.4, 0.5) is 0 Å². The third-order valence-electron chi connectivity index (χ3n) is 2.74. The van der Waals surface area contributed by atoms with E-state index in [4.69, 9.17) is 21.1 Å². The number of carbonyl (C=O) groups is 1. The van der Waals surface area contributed by atoms with Crippen molar-refractivity contribution in [1.29, 1.82) is 0 Å². The molecule has 0 saturated heterocycles. The number of rotatable bonds is 4. The molecule has 0 saturated carbocycles. The third-order valence-corrected chi connectivity index (χ3v) is 2.99. The van der Waals surface area contributed by atoms with Gasteiger partial charge in [-0.15, -0.1) is 0 Å². The highest BCUT2D eigenvalue weighted by Crippen LogP contribution is 2.25. The summed E-state index contributed by atoms with van der Waals surface area (Å²) in [5.41, 5.74) is 1.60. The predicted molar refractivity (Wildman–Crippen MR) is 75.2 cm³/mol. The van der Waals surface area contributed by atoms with Crippen molar-refractivity contribution in [3.05, 3.63) is 40.9 Å². The van der Waals surface area contributed by atoms with Gasteiger partial charge in [-0.3, -0.25) is 4.79 Å². The Kier molecular flexibility index (Phi) is 4.42. The first-order valence-electron chi connectivity index (χ1n) is 6.15. The maximum Gasteiger partial charge on any atom is 0.248 e. The first kappa shape index (κ1) is 14.6. The van der Waals surface area contributed by atoms with E-state index in [0.29, 0.717) is 16.7 Å². The van der Waals surface area contributed by atoms with Crippen LogP contribution < -0.4 is 5.32 Å². The van der Waals surface area contributed by atoms with E-state index in [-0.39, 0.29) is 6.54 Å². The molecule has 1 heterocycles. The summed E-state index contributed by atoms with van der Waals surface area (Å²) in [4.78, 5) is 15.5. The molecule has 1 aromatic carbocycles. The number of nitrogens with zero attached hydrogens (tertiary/aromatic N) is 1. The number of oxazole rings is 1. The molecule has 2 N–H and O–H groups in total. The predicted octanol–water partition coefficient (Wildman–Crippen LogP) is 2.30. The number of hydrogen-bond donors (Lipinski definition) is 2. The molecule has 0 aliphatic carbocycles. The zero-order valence-electron chi connectivity index (χ0n) is 11.2. The highest BCUT2D eigenvalue weighted by molar-refractivity contribution is 6.30. The van der Waals surface area contributed by atoms with Crippen LogP contribution >= 0.6 is 11.6 Å². The second-order valence-electron chi connectivity index (χ2n) is 4.42. The second-order valence-corrected chi connectivity index (χ2v) is 4.86. The summed E-state index contributed by atoms with van der Waals surface area (Å²) in [7, 11) is 0. The molecule has 0 aliphatic heterocycles. The molecule has 1 atom stereocenters. The molecule has 0 aliphatic rings. The van der Waals surface area contributed by atoms with E-state index in [2.05, 4.69) is 10.3 Å². The van der Waals surface area contributed by atoms with Gasteiger partial charge in [-0.25, -0.2) is 4.98 Å². The number of benzene rings is 1. The van der Waals surface area contributed by atoms with Crippen LogP contribution in [0.3, 0.4) is 0 Å². The molecule has 1 unspecified atom stereocenters. The van der Waals surface area contributed by atoms with Gasteiger partial charge in [-0.05, 0) is 38.1 Å². The van der Waals surface area contributed by atoms with E-state index in [1.165, 1.54) is 6.92 Å². The van der Waals surface area contributed by atoms with E-state index >= 15 is 0 Å². The van der Waals surface area contributed by atoms with Crippen LogP contribution in [0.1, 0.15) is 18.5 Å². The standard InChI is InChI=1S/C14H15ClN2O3/c1-8-13(10-3-5-11(15)6-4-10)20-12(17-8)7-16-14(19)9(2)18/h3-6,9,18H,7H2,1-2H3,(H,16,19). The quantitative estimate of drug-likeness (QED) is 0.907. The van der Waals surface area contributed by atoms with Crippen LogP contribution in [0, 0.1) is 6.92 Å². The van der Waals surface area contributed by atoms with Gasteiger partial charge in [0.1, 0.15) is 6.10 Å². The van der Waals surface area contributed by atoms with E-state index in [1.807, 2.05) is 19.1 Å². The summed E-state index contributed by atoms with van der Waals surface area (Å²) < 4.78 is 5.62. The minimum absolute atomic E-state index is 0.137. The van der Waals surface area contributed by atoms with Crippen LogP contribution in [-0.4, -0.2) is 22.1 Å². The van der Waals surface area contributed by atoms with Crippen molar-refractivity contribution in [2.45, 2.75) is 26.5 Å². The lowest BCUT2D eigenvalue weighted by Gasteiger charge is -2.03. The Hall–Kier alpha value is -1.85. The molecule has 1 amide bonds. The largest absolute Gasteiger partial charge is 0.438 e. The van der Waals surface area contributed by atoms with Gasteiger partial charge in [0, 0.05) is 10.6 Å². The topological polar surface area (TPSA) is 75.4 Å². The smallest absolute Gasteiger partial charge is 0.248 e. The first-order chi connectivity index (χ1) is 9.47. The summed E-state index contributed by atoms with van der Waals surface area (Å²) in [6.45, 7) is 3.36. The van der Waals surface area contributed by atoms with Crippen molar-refractivity contribution in [1.82, 2.24) is 10.3 Å². The third kappa shape index (κ3) is 3.37. The van der Waals surface area contributed by atoms with E-state index in [0.717, 1.165) is 11.3 Å². The van der Waals surface area contributed by atoms with Gasteiger partial charge in [0.2, 0.25) is 11.8 Å². The summed E-state index contributed by atoms with van der Waals surface area (Å²) in [5, 5.41) is 12.3. The van der Waals surface area contributed by atoms with Crippen molar-refractivity contribution in [2.75, 3.05) is 0 Å². The van der Waals surface area contributed by atoms with Gasteiger partial charge >= 0.3 is 0 Å². The lowest BCUT2D eigenvalue weighted by molar-refractivity contribution is -0.128. The van der Waals surface area contributed by atoms with Gasteiger partial charge in [0.25, 0.3) is 0 Å². The summed E-state index contributed by atoms with van der Waals surface area (Å²) in [6, 6.07) is 7.23. The molecule has 1 aromatic heterocycles. The summed E-state index contributed by atoms with van der Waals surface area (Å²) in [6.07, 6.45) is -1.05. The number of hydrogen-bond acceptors (Lipinski definition) is 4. The minimum Gasteiger partial charge on any atom is -0.438 e. The van der Waals surface area contributed by atoms with E-state index in [1.54, 1.807) is 12.1 Å². The van der Waals surface area contributed by atoms with Crippen LogP contribution in [0.25, 0.3) is 11.3 Å². The molecular formula is C14H15ClN2O3. The minimum atomic E-state index is -1.05. The molecule has 106 valence electrons. The van der Waals surface area contributed by atoms with Crippen molar-refractivity contribution >= 4 is 17.5 Å². The van der Waals surface area contributed by atoms with Gasteiger partial charge in [0.05, 0.1) is 12.2 Å². The molecule has 5 nitrogen and oxygen atoms in total. The zero-order valence-corrected chi connectivity index (χ0v) is 11.9. The van der Waals surface area contributed by atoms with E-state index < -0.39 is 12.0 Å².